The first kappa shape index (κ1) is 14.2. The number of nitrogens with zero attached hydrogens (tertiary/aromatic N) is 2. The molecular formula is C16H19N3OS. The van der Waals surface area contributed by atoms with Crippen molar-refractivity contribution in [3.8, 4) is 0 Å². The van der Waals surface area contributed by atoms with Gasteiger partial charge < -0.3 is 10.2 Å². The molecule has 1 amide bonds. The SMILES string of the molecule is CN1CCC(CNC(=O)/C=C/c2nc3ccccc3s2)C1. The lowest BCUT2D eigenvalue weighted by atomic mass is 10.1. The summed E-state index contributed by atoms with van der Waals surface area (Å²) in [6.07, 6.45) is 4.54. The molecule has 0 aliphatic carbocycles. The zero-order chi connectivity index (χ0) is 14.7. The van der Waals surface area contributed by atoms with Crippen molar-refractivity contribution in [2.24, 2.45) is 5.92 Å². The number of carbonyl (C=O) groups is 1. The van der Waals surface area contributed by atoms with Crippen LogP contribution < -0.4 is 5.32 Å². The molecule has 21 heavy (non-hydrogen) atoms. The van der Waals surface area contributed by atoms with Crippen LogP contribution in [-0.2, 0) is 4.79 Å². The van der Waals surface area contributed by atoms with Crippen molar-refractivity contribution in [3.63, 3.8) is 0 Å². The van der Waals surface area contributed by atoms with Gasteiger partial charge in [-0.1, -0.05) is 12.1 Å². The Kier molecular flexibility index (Phi) is 4.31. The fourth-order valence-electron chi connectivity index (χ4n) is 2.61. The van der Waals surface area contributed by atoms with Gasteiger partial charge in [0.1, 0.15) is 5.01 Å². The van der Waals surface area contributed by atoms with Crippen molar-refractivity contribution >= 4 is 33.5 Å². The number of likely N-dealkylation sites (tertiary alicyclic amines) is 1. The summed E-state index contributed by atoms with van der Waals surface area (Å²) in [4.78, 5) is 18.6. The van der Waals surface area contributed by atoms with Gasteiger partial charge in [-0.3, -0.25) is 4.79 Å². The summed E-state index contributed by atoms with van der Waals surface area (Å²) in [6.45, 7) is 2.96. The molecule has 1 unspecified atom stereocenters. The average molecular weight is 301 g/mol. The number of fused-ring (bicyclic) bond motifs is 1. The highest BCUT2D eigenvalue weighted by atomic mass is 32.1. The minimum atomic E-state index is -0.0381. The number of benzene rings is 1. The monoisotopic (exact) mass is 301 g/mol. The van der Waals surface area contributed by atoms with Crippen LogP contribution in [0, 0.1) is 5.92 Å². The molecule has 2 aromatic rings. The molecule has 0 spiro atoms. The molecule has 1 aliphatic heterocycles. The smallest absolute Gasteiger partial charge is 0.244 e. The highest BCUT2D eigenvalue weighted by Gasteiger charge is 2.19. The molecule has 0 saturated carbocycles. The molecule has 1 atom stereocenters. The van der Waals surface area contributed by atoms with Gasteiger partial charge in [-0.2, -0.15) is 0 Å². The van der Waals surface area contributed by atoms with Gasteiger partial charge in [-0.25, -0.2) is 4.98 Å². The molecule has 1 N–H and O–H groups in total. The van der Waals surface area contributed by atoms with E-state index in [2.05, 4.69) is 22.2 Å². The first-order valence-electron chi connectivity index (χ1n) is 7.21. The quantitative estimate of drug-likeness (QED) is 0.882. The lowest BCUT2D eigenvalue weighted by Crippen LogP contribution is -2.29. The summed E-state index contributed by atoms with van der Waals surface area (Å²) < 4.78 is 1.14. The number of para-hydroxylation sites is 1. The zero-order valence-electron chi connectivity index (χ0n) is 12.1. The summed E-state index contributed by atoms with van der Waals surface area (Å²) in [7, 11) is 2.12. The molecule has 1 aliphatic rings. The van der Waals surface area contributed by atoms with Crippen LogP contribution in [-0.4, -0.2) is 42.5 Å². The van der Waals surface area contributed by atoms with E-state index >= 15 is 0 Å². The Morgan fingerprint density at radius 2 is 2.38 bits per heavy atom. The first-order valence-corrected chi connectivity index (χ1v) is 8.02. The lowest BCUT2D eigenvalue weighted by Gasteiger charge is -2.10. The van der Waals surface area contributed by atoms with Gasteiger partial charge in [0.25, 0.3) is 0 Å². The molecule has 0 radical (unpaired) electrons. The summed E-state index contributed by atoms with van der Waals surface area (Å²) in [5, 5.41) is 3.84. The van der Waals surface area contributed by atoms with E-state index in [1.807, 2.05) is 24.3 Å². The molecule has 1 aromatic heterocycles. The van der Waals surface area contributed by atoms with Crippen molar-refractivity contribution < 1.29 is 4.79 Å². The minimum Gasteiger partial charge on any atom is -0.352 e. The van der Waals surface area contributed by atoms with Crippen molar-refractivity contribution in [1.29, 1.82) is 0 Å². The van der Waals surface area contributed by atoms with Crippen molar-refractivity contribution in [2.45, 2.75) is 6.42 Å². The fourth-order valence-corrected chi connectivity index (χ4v) is 3.48. The highest BCUT2D eigenvalue weighted by Crippen LogP contribution is 2.22. The highest BCUT2D eigenvalue weighted by molar-refractivity contribution is 7.19. The largest absolute Gasteiger partial charge is 0.352 e. The maximum atomic E-state index is 11.8. The predicted octanol–water partition coefficient (Wildman–Crippen LogP) is 2.38. The molecule has 0 bridgehead atoms. The summed E-state index contributed by atoms with van der Waals surface area (Å²) in [5.74, 6) is 0.540. The second kappa shape index (κ2) is 6.37. The first-order chi connectivity index (χ1) is 10.2. The Bertz CT molecular complexity index is 631. The van der Waals surface area contributed by atoms with E-state index in [9.17, 15) is 4.79 Å². The van der Waals surface area contributed by atoms with Crippen molar-refractivity contribution in [2.75, 3.05) is 26.7 Å². The Morgan fingerprint density at radius 3 is 3.14 bits per heavy atom. The van der Waals surface area contributed by atoms with Gasteiger partial charge in [0, 0.05) is 19.2 Å². The number of thiazole rings is 1. The van der Waals surface area contributed by atoms with E-state index in [-0.39, 0.29) is 5.91 Å². The number of hydrogen-bond acceptors (Lipinski definition) is 4. The Labute approximate surface area is 128 Å². The van der Waals surface area contributed by atoms with Gasteiger partial charge >= 0.3 is 0 Å². The third kappa shape index (κ3) is 3.68. The maximum Gasteiger partial charge on any atom is 0.244 e. The molecular weight excluding hydrogens is 282 g/mol. The Morgan fingerprint density at radius 1 is 1.52 bits per heavy atom. The van der Waals surface area contributed by atoms with Crippen LogP contribution in [0.15, 0.2) is 30.3 Å². The molecule has 110 valence electrons. The number of amides is 1. The number of carbonyl (C=O) groups excluding carboxylic acids is 1. The standard InChI is InChI=1S/C16H19N3OS/c1-19-9-8-12(11-19)10-17-15(20)6-7-16-18-13-4-2-3-5-14(13)21-16/h2-7,12H,8-11H2,1H3,(H,17,20)/b7-6+. The maximum absolute atomic E-state index is 11.8. The predicted molar refractivity (Wildman–Crippen MR) is 87.3 cm³/mol. The molecule has 1 aromatic carbocycles. The lowest BCUT2D eigenvalue weighted by molar-refractivity contribution is -0.116. The van der Waals surface area contributed by atoms with Crippen LogP contribution in [0.1, 0.15) is 11.4 Å². The van der Waals surface area contributed by atoms with Crippen molar-refractivity contribution in [3.05, 3.63) is 35.3 Å². The number of aromatic nitrogens is 1. The molecule has 4 nitrogen and oxygen atoms in total. The van der Waals surface area contributed by atoms with Gasteiger partial charge in [0.15, 0.2) is 0 Å². The van der Waals surface area contributed by atoms with Gasteiger partial charge in [0.05, 0.1) is 10.2 Å². The second-order valence-electron chi connectivity index (χ2n) is 5.52. The van der Waals surface area contributed by atoms with Crippen molar-refractivity contribution in [1.82, 2.24) is 15.2 Å². The van der Waals surface area contributed by atoms with Crippen LogP contribution >= 0.6 is 11.3 Å². The molecule has 1 saturated heterocycles. The van der Waals surface area contributed by atoms with Crippen LogP contribution in [0.4, 0.5) is 0 Å². The molecule has 1 fully saturated rings. The fraction of sp³-hybridized carbons (Fsp3) is 0.375. The Balaban J connectivity index is 1.54. The zero-order valence-corrected chi connectivity index (χ0v) is 12.9. The normalized spacial score (nSPS) is 19.6. The third-order valence-electron chi connectivity index (χ3n) is 3.74. The Hall–Kier alpha value is -1.72. The molecule has 3 rings (SSSR count). The average Bonchev–Trinajstić information content (AvgIpc) is 3.08. The molecule has 2 heterocycles. The van der Waals surface area contributed by atoms with Gasteiger partial charge in [-0.15, -0.1) is 11.3 Å². The van der Waals surface area contributed by atoms with E-state index in [4.69, 9.17) is 0 Å². The number of hydrogen-bond donors (Lipinski definition) is 1. The van der Waals surface area contributed by atoms with Crippen LogP contribution in [0.2, 0.25) is 0 Å². The summed E-state index contributed by atoms with van der Waals surface area (Å²) in [5.41, 5.74) is 0.983. The number of nitrogens with one attached hydrogen (secondary N) is 1. The van der Waals surface area contributed by atoms with Gasteiger partial charge in [-0.05, 0) is 44.1 Å². The molecule has 5 heteroatoms. The van der Waals surface area contributed by atoms with E-state index in [0.717, 1.165) is 34.9 Å². The van der Waals surface area contributed by atoms with E-state index < -0.39 is 0 Å². The van der Waals surface area contributed by atoms with Crippen LogP contribution in [0.25, 0.3) is 16.3 Å². The van der Waals surface area contributed by atoms with E-state index in [1.54, 1.807) is 23.5 Å². The topological polar surface area (TPSA) is 45.2 Å². The minimum absolute atomic E-state index is 0.0381. The van der Waals surface area contributed by atoms with E-state index in [0.29, 0.717) is 5.92 Å². The third-order valence-corrected chi connectivity index (χ3v) is 4.74. The van der Waals surface area contributed by atoms with Crippen LogP contribution in [0.3, 0.4) is 0 Å². The summed E-state index contributed by atoms with van der Waals surface area (Å²) >= 11 is 1.60. The number of rotatable bonds is 4. The second-order valence-corrected chi connectivity index (χ2v) is 6.58. The van der Waals surface area contributed by atoms with Crippen LogP contribution in [0.5, 0.6) is 0 Å². The van der Waals surface area contributed by atoms with Gasteiger partial charge in [0.2, 0.25) is 5.91 Å². The summed E-state index contributed by atoms with van der Waals surface area (Å²) in [6, 6.07) is 8.00. The van der Waals surface area contributed by atoms with E-state index in [1.165, 1.54) is 6.42 Å².